The summed E-state index contributed by atoms with van der Waals surface area (Å²) in [7, 11) is 1.52. The highest BCUT2D eigenvalue weighted by Gasteiger charge is 2.12. The minimum Gasteiger partial charge on any atom is -0.495 e. The van der Waals surface area contributed by atoms with E-state index in [0.29, 0.717) is 32.7 Å². The van der Waals surface area contributed by atoms with Crippen molar-refractivity contribution in [3.8, 4) is 5.75 Å². The molecule has 5 nitrogen and oxygen atoms in total. The second kappa shape index (κ2) is 11.0. The molecular weight excluding hydrogens is 491 g/mol. The summed E-state index contributed by atoms with van der Waals surface area (Å²) >= 11 is 19.4. The van der Waals surface area contributed by atoms with Crippen LogP contribution < -0.4 is 15.4 Å². The van der Waals surface area contributed by atoms with Crippen LogP contribution in [0.5, 0.6) is 5.75 Å². The molecule has 0 spiro atoms. The number of methoxy groups -OCH3 is 1. The Balaban J connectivity index is 1.56. The first-order valence-electron chi connectivity index (χ1n) is 9.40. The molecule has 0 saturated carbocycles. The Kier molecular flexibility index (Phi) is 8.32. The molecule has 0 unspecified atom stereocenters. The lowest BCUT2D eigenvalue weighted by Crippen LogP contribution is -2.15. The molecule has 2 amide bonds. The van der Waals surface area contributed by atoms with Crippen LogP contribution in [0.2, 0.25) is 15.1 Å². The first-order valence-corrected chi connectivity index (χ1v) is 11.5. The van der Waals surface area contributed by atoms with Crippen LogP contribution in [0.15, 0.2) is 59.5 Å². The number of benzene rings is 3. The van der Waals surface area contributed by atoms with Gasteiger partial charge in [0.15, 0.2) is 0 Å². The normalized spacial score (nSPS) is 10.5. The van der Waals surface area contributed by atoms with Crippen LogP contribution in [-0.2, 0) is 4.79 Å². The molecule has 3 rings (SSSR count). The molecule has 9 heteroatoms. The first-order chi connectivity index (χ1) is 15.3. The highest BCUT2D eigenvalue weighted by Crippen LogP contribution is 2.31. The van der Waals surface area contributed by atoms with Crippen LogP contribution in [0.4, 0.5) is 11.4 Å². The van der Waals surface area contributed by atoms with Crippen molar-refractivity contribution < 1.29 is 14.3 Å². The van der Waals surface area contributed by atoms with Gasteiger partial charge in [0.05, 0.1) is 29.1 Å². The van der Waals surface area contributed by atoms with E-state index >= 15 is 0 Å². The van der Waals surface area contributed by atoms with Crippen LogP contribution in [0.25, 0.3) is 0 Å². The molecule has 3 aromatic carbocycles. The van der Waals surface area contributed by atoms with Crippen LogP contribution >= 0.6 is 46.6 Å². The van der Waals surface area contributed by atoms with Gasteiger partial charge in [-0.25, -0.2) is 0 Å². The predicted molar refractivity (Wildman–Crippen MR) is 133 cm³/mol. The topological polar surface area (TPSA) is 67.4 Å². The van der Waals surface area contributed by atoms with Gasteiger partial charge >= 0.3 is 0 Å². The van der Waals surface area contributed by atoms with E-state index in [1.807, 2.05) is 19.1 Å². The van der Waals surface area contributed by atoms with E-state index in [9.17, 15) is 9.59 Å². The molecule has 0 aliphatic rings. The number of carbonyl (C=O) groups is 2. The second-order valence-corrected chi connectivity index (χ2v) is 9.04. The van der Waals surface area contributed by atoms with Crippen molar-refractivity contribution in [1.29, 1.82) is 0 Å². The lowest BCUT2D eigenvalue weighted by atomic mass is 10.2. The average Bonchev–Trinajstić information content (AvgIpc) is 2.75. The number of anilines is 2. The quantitative estimate of drug-likeness (QED) is 0.338. The number of rotatable bonds is 7. The van der Waals surface area contributed by atoms with Crippen molar-refractivity contribution in [2.75, 3.05) is 23.5 Å². The third-order valence-corrected chi connectivity index (χ3v) is 6.38. The van der Waals surface area contributed by atoms with E-state index in [1.165, 1.54) is 24.9 Å². The number of hydrogen-bond acceptors (Lipinski definition) is 4. The molecule has 166 valence electrons. The van der Waals surface area contributed by atoms with Gasteiger partial charge < -0.3 is 15.4 Å². The zero-order valence-electron chi connectivity index (χ0n) is 17.2. The summed E-state index contributed by atoms with van der Waals surface area (Å²) in [4.78, 5) is 25.7. The summed E-state index contributed by atoms with van der Waals surface area (Å²) in [6.45, 7) is 1.85. The fourth-order valence-corrected chi connectivity index (χ4v) is 4.12. The number of thioether (sulfide) groups is 1. The third kappa shape index (κ3) is 6.33. The van der Waals surface area contributed by atoms with Gasteiger partial charge in [-0.15, -0.1) is 11.8 Å². The third-order valence-electron chi connectivity index (χ3n) is 4.41. The van der Waals surface area contributed by atoms with Gasteiger partial charge in [0.25, 0.3) is 5.91 Å². The maximum absolute atomic E-state index is 12.4. The van der Waals surface area contributed by atoms with E-state index in [2.05, 4.69) is 10.6 Å². The number of amides is 2. The number of aryl methyl sites for hydroxylation is 1. The molecule has 0 atom stereocenters. The molecule has 0 aliphatic heterocycles. The lowest BCUT2D eigenvalue weighted by molar-refractivity contribution is -0.113. The van der Waals surface area contributed by atoms with Crippen LogP contribution in [0, 0.1) is 6.92 Å². The number of nitrogens with one attached hydrogen (secondary N) is 2. The van der Waals surface area contributed by atoms with Crippen LogP contribution in [-0.4, -0.2) is 24.7 Å². The summed E-state index contributed by atoms with van der Waals surface area (Å²) in [5, 5.41) is 6.94. The average molecular weight is 510 g/mol. The number of hydrogen-bond donors (Lipinski definition) is 2. The molecule has 0 aromatic heterocycles. The summed E-state index contributed by atoms with van der Waals surface area (Å²) in [5.41, 5.74) is 2.35. The fourth-order valence-electron chi connectivity index (χ4n) is 2.77. The van der Waals surface area contributed by atoms with Crippen LogP contribution in [0.1, 0.15) is 15.9 Å². The summed E-state index contributed by atoms with van der Waals surface area (Å²) in [5.74, 6) is 0.194. The van der Waals surface area contributed by atoms with E-state index in [0.717, 1.165) is 10.5 Å². The Morgan fingerprint density at radius 1 is 0.938 bits per heavy atom. The summed E-state index contributed by atoms with van der Waals surface area (Å²) in [6.07, 6.45) is 0. The molecule has 32 heavy (non-hydrogen) atoms. The van der Waals surface area contributed by atoms with E-state index < -0.39 is 0 Å². The molecule has 0 fully saturated rings. The van der Waals surface area contributed by atoms with Gasteiger partial charge in [-0.2, -0.15) is 0 Å². The van der Waals surface area contributed by atoms with Gasteiger partial charge in [0.2, 0.25) is 5.91 Å². The Morgan fingerprint density at radius 2 is 1.66 bits per heavy atom. The molecular formula is C23H19Cl3N2O3S. The van der Waals surface area contributed by atoms with E-state index in [-0.39, 0.29) is 22.6 Å². The van der Waals surface area contributed by atoms with E-state index in [1.54, 1.807) is 36.4 Å². The monoisotopic (exact) mass is 508 g/mol. The van der Waals surface area contributed by atoms with Gasteiger partial charge in [0, 0.05) is 26.7 Å². The smallest absolute Gasteiger partial charge is 0.257 e. The highest BCUT2D eigenvalue weighted by molar-refractivity contribution is 8.00. The van der Waals surface area contributed by atoms with Gasteiger partial charge in [-0.3, -0.25) is 9.59 Å². The maximum atomic E-state index is 12.4. The largest absolute Gasteiger partial charge is 0.495 e. The Bertz CT molecular complexity index is 1150. The van der Waals surface area contributed by atoms with Crippen molar-refractivity contribution >= 4 is 69.8 Å². The Hall–Kier alpha value is -2.38. The molecule has 0 heterocycles. The first kappa shape index (κ1) is 24.3. The van der Waals surface area contributed by atoms with Gasteiger partial charge in [-0.05, 0) is 61.0 Å². The Morgan fingerprint density at radius 3 is 2.31 bits per heavy atom. The van der Waals surface area contributed by atoms with Crippen molar-refractivity contribution in [2.24, 2.45) is 0 Å². The zero-order valence-corrected chi connectivity index (χ0v) is 20.3. The Labute approximate surface area is 205 Å². The summed E-state index contributed by atoms with van der Waals surface area (Å²) < 4.78 is 5.28. The lowest BCUT2D eigenvalue weighted by Gasteiger charge is -2.12. The van der Waals surface area contributed by atoms with Crippen molar-refractivity contribution in [3.63, 3.8) is 0 Å². The van der Waals surface area contributed by atoms with Gasteiger partial charge in [-0.1, -0.05) is 34.8 Å². The fraction of sp³-hybridized carbons (Fsp3) is 0.130. The summed E-state index contributed by atoms with van der Waals surface area (Å²) in [6, 6.07) is 15.3. The van der Waals surface area contributed by atoms with Crippen molar-refractivity contribution in [1.82, 2.24) is 0 Å². The molecule has 0 bridgehead atoms. The van der Waals surface area contributed by atoms with Crippen molar-refractivity contribution in [3.05, 3.63) is 80.8 Å². The number of carbonyl (C=O) groups excluding carboxylic acids is 2. The molecule has 3 aromatic rings. The van der Waals surface area contributed by atoms with Crippen LogP contribution in [0.3, 0.4) is 0 Å². The minimum atomic E-state index is -0.335. The SMILES string of the molecule is COc1cc(Cl)c(C)cc1NC(=O)CSc1ccc(NC(=O)c2ccc(Cl)cc2Cl)cc1. The number of ether oxygens (including phenoxy) is 1. The van der Waals surface area contributed by atoms with E-state index in [4.69, 9.17) is 39.5 Å². The second-order valence-electron chi connectivity index (χ2n) is 6.74. The maximum Gasteiger partial charge on any atom is 0.257 e. The minimum absolute atomic E-state index is 0.176. The highest BCUT2D eigenvalue weighted by atomic mass is 35.5. The molecule has 0 saturated heterocycles. The molecule has 2 N–H and O–H groups in total. The predicted octanol–water partition coefficient (Wildman–Crippen LogP) is 6.95. The van der Waals surface area contributed by atoms with Gasteiger partial charge in [0.1, 0.15) is 5.75 Å². The van der Waals surface area contributed by atoms with Crippen molar-refractivity contribution in [2.45, 2.75) is 11.8 Å². The molecule has 0 radical (unpaired) electrons. The standard InChI is InChI=1S/C23H19Cl3N2O3S/c1-13-9-20(21(31-2)11-18(13)25)28-22(29)12-32-16-6-4-15(5-7-16)27-23(30)17-8-3-14(24)10-19(17)26/h3-11H,12H2,1-2H3,(H,27,30)(H,28,29). The molecule has 0 aliphatic carbocycles. The number of halogens is 3. The zero-order chi connectivity index (χ0) is 23.3.